The molecule has 2 aliphatic rings. The van der Waals surface area contributed by atoms with Crippen molar-refractivity contribution < 1.29 is 18.4 Å². The Morgan fingerprint density at radius 2 is 1.84 bits per heavy atom. The van der Waals surface area contributed by atoms with Gasteiger partial charge in [-0.05, 0) is 36.6 Å². The molecule has 2 amide bonds. The first-order chi connectivity index (χ1) is 15.0. The summed E-state index contributed by atoms with van der Waals surface area (Å²) < 4.78 is 29.3. The maximum atomic E-state index is 14.6. The second kappa shape index (κ2) is 8.65. The monoisotopic (exact) mass is 425 g/mol. The molecule has 4 rings (SSSR count). The Hall–Kier alpha value is -3.59. The highest BCUT2D eigenvalue weighted by atomic mass is 19.1. The number of carbonyl (C=O) groups is 2. The Labute approximate surface area is 177 Å². The molecule has 3 N–H and O–H groups in total. The van der Waals surface area contributed by atoms with E-state index in [1.165, 1.54) is 42.9 Å². The minimum atomic E-state index is -1.84. The smallest absolute Gasteiger partial charge is 0.259 e. The highest BCUT2D eigenvalue weighted by Crippen LogP contribution is 2.32. The number of hydrogen-bond acceptors (Lipinski definition) is 5. The highest BCUT2D eigenvalue weighted by Gasteiger charge is 2.42. The van der Waals surface area contributed by atoms with Gasteiger partial charge < -0.3 is 20.9 Å². The minimum Gasteiger partial charge on any atom is -0.370 e. The van der Waals surface area contributed by atoms with Crippen molar-refractivity contribution in [3.05, 3.63) is 83.8 Å². The summed E-state index contributed by atoms with van der Waals surface area (Å²) in [6, 6.07) is 4.92. The van der Waals surface area contributed by atoms with Crippen LogP contribution in [-0.2, 0) is 10.3 Å². The topological polar surface area (TPSA) is 86.4 Å². The second-order valence-electron chi connectivity index (χ2n) is 7.18. The number of benzene rings is 1. The SMILES string of the molecule is O=C(c1ccncc1NC(=O)C1(c2c(F)cccc2F)C=CC=CN1)N1CCNCC1. The maximum absolute atomic E-state index is 14.6. The van der Waals surface area contributed by atoms with Gasteiger partial charge in [0, 0.05) is 32.4 Å². The normalized spacial score (nSPS) is 20.3. The van der Waals surface area contributed by atoms with Crippen molar-refractivity contribution in [2.24, 2.45) is 0 Å². The Balaban J connectivity index is 1.69. The quantitative estimate of drug-likeness (QED) is 0.697. The molecular formula is C22H21F2N5O2. The summed E-state index contributed by atoms with van der Waals surface area (Å²) in [5, 5.41) is 8.60. The number of hydrogen-bond donors (Lipinski definition) is 3. The lowest BCUT2D eigenvalue weighted by molar-refractivity contribution is -0.120. The Kier molecular flexibility index (Phi) is 5.77. The zero-order chi connectivity index (χ0) is 21.8. The van der Waals surface area contributed by atoms with Crippen molar-refractivity contribution in [2.75, 3.05) is 31.5 Å². The summed E-state index contributed by atoms with van der Waals surface area (Å²) in [7, 11) is 0. The number of nitrogens with one attached hydrogen (secondary N) is 3. The van der Waals surface area contributed by atoms with Gasteiger partial charge in [-0.1, -0.05) is 12.1 Å². The van der Waals surface area contributed by atoms with Gasteiger partial charge in [0.1, 0.15) is 11.6 Å². The van der Waals surface area contributed by atoms with Gasteiger partial charge in [0.25, 0.3) is 11.8 Å². The van der Waals surface area contributed by atoms with Gasteiger partial charge in [-0.15, -0.1) is 0 Å². The van der Waals surface area contributed by atoms with Crippen molar-refractivity contribution in [2.45, 2.75) is 5.54 Å². The molecular weight excluding hydrogens is 404 g/mol. The first-order valence-electron chi connectivity index (χ1n) is 9.85. The predicted octanol–water partition coefficient (Wildman–Crippen LogP) is 1.91. The molecule has 7 nitrogen and oxygen atoms in total. The molecule has 0 bridgehead atoms. The average Bonchev–Trinajstić information content (AvgIpc) is 2.80. The Morgan fingerprint density at radius 1 is 1.10 bits per heavy atom. The van der Waals surface area contributed by atoms with Gasteiger partial charge in [-0.3, -0.25) is 14.6 Å². The van der Waals surface area contributed by atoms with Crippen LogP contribution in [0.25, 0.3) is 0 Å². The van der Waals surface area contributed by atoms with E-state index in [0.29, 0.717) is 26.2 Å². The molecule has 31 heavy (non-hydrogen) atoms. The van der Waals surface area contributed by atoms with Crippen molar-refractivity contribution in [3.8, 4) is 0 Å². The number of amides is 2. The van der Waals surface area contributed by atoms with Crippen LogP contribution in [0.2, 0.25) is 0 Å². The fraction of sp³-hybridized carbons (Fsp3) is 0.227. The fourth-order valence-electron chi connectivity index (χ4n) is 3.71. The Bertz CT molecular complexity index is 1050. The van der Waals surface area contributed by atoms with Crippen LogP contribution < -0.4 is 16.0 Å². The number of allylic oxidation sites excluding steroid dienone is 2. The van der Waals surface area contributed by atoms with Crippen LogP contribution in [0.3, 0.4) is 0 Å². The number of rotatable bonds is 4. The predicted molar refractivity (Wildman–Crippen MR) is 111 cm³/mol. The van der Waals surface area contributed by atoms with Crippen LogP contribution >= 0.6 is 0 Å². The van der Waals surface area contributed by atoms with E-state index in [1.54, 1.807) is 11.0 Å². The lowest BCUT2D eigenvalue weighted by Gasteiger charge is -2.33. The van der Waals surface area contributed by atoms with E-state index in [1.807, 2.05) is 0 Å². The van der Waals surface area contributed by atoms with Crippen LogP contribution in [0.5, 0.6) is 0 Å². The number of halogens is 2. The molecule has 1 saturated heterocycles. The van der Waals surface area contributed by atoms with E-state index >= 15 is 0 Å². The van der Waals surface area contributed by atoms with E-state index in [0.717, 1.165) is 12.1 Å². The van der Waals surface area contributed by atoms with E-state index in [2.05, 4.69) is 20.9 Å². The lowest BCUT2D eigenvalue weighted by atomic mass is 9.86. The third-order valence-electron chi connectivity index (χ3n) is 5.28. The molecule has 1 aromatic carbocycles. The van der Waals surface area contributed by atoms with E-state index in [4.69, 9.17) is 0 Å². The molecule has 9 heteroatoms. The van der Waals surface area contributed by atoms with Gasteiger partial charge >= 0.3 is 0 Å². The number of dihydropyridines is 1. The Morgan fingerprint density at radius 3 is 2.52 bits per heavy atom. The summed E-state index contributed by atoms with van der Waals surface area (Å²) in [5.41, 5.74) is -1.86. The van der Waals surface area contributed by atoms with Gasteiger partial charge in [0.05, 0.1) is 23.0 Å². The van der Waals surface area contributed by atoms with Crippen LogP contribution in [0.4, 0.5) is 14.5 Å². The number of carbonyl (C=O) groups excluding carboxylic acids is 2. The molecule has 1 fully saturated rings. The van der Waals surface area contributed by atoms with Crippen LogP contribution in [0.1, 0.15) is 15.9 Å². The summed E-state index contributed by atoms with van der Waals surface area (Å²) in [6.45, 7) is 2.42. The van der Waals surface area contributed by atoms with Gasteiger partial charge in [-0.2, -0.15) is 0 Å². The van der Waals surface area contributed by atoms with Crippen LogP contribution in [0.15, 0.2) is 61.1 Å². The third-order valence-corrected chi connectivity index (χ3v) is 5.28. The molecule has 1 unspecified atom stereocenters. The van der Waals surface area contributed by atoms with Crippen LogP contribution in [-0.4, -0.2) is 47.9 Å². The number of pyridine rings is 1. The average molecular weight is 425 g/mol. The van der Waals surface area contributed by atoms with Gasteiger partial charge in [0.15, 0.2) is 5.54 Å². The summed E-state index contributed by atoms with van der Waals surface area (Å²) in [6.07, 6.45) is 8.74. The first-order valence-corrected chi connectivity index (χ1v) is 9.85. The zero-order valence-electron chi connectivity index (χ0n) is 16.6. The summed E-state index contributed by atoms with van der Waals surface area (Å²) in [5.74, 6) is -2.74. The highest BCUT2D eigenvalue weighted by molar-refractivity contribution is 6.07. The standard InChI is InChI=1S/C22H21F2N5O2/c23-16-4-3-5-17(24)19(16)22(7-1-2-8-27-22)21(31)28-18-14-26-9-6-15(18)20(30)29-12-10-25-11-13-29/h1-9,14,25,27H,10-13H2,(H,28,31). The van der Waals surface area contributed by atoms with Gasteiger partial charge in [0.2, 0.25) is 0 Å². The first kappa shape index (κ1) is 20.7. The summed E-state index contributed by atoms with van der Waals surface area (Å²) in [4.78, 5) is 32.1. The lowest BCUT2D eigenvalue weighted by Crippen LogP contribution is -2.51. The van der Waals surface area contributed by atoms with Crippen molar-refractivity contribution >= 4 is 17.5 Å². The van der Waals surface area contributed by atoms with Crippen LogP contribution in [0, 0.1) is 11.6 Å². The molecule has 1 aromatic heterocycles. The molecule has 0 saturated carbocycles. The van der Waals surface area contributed by atoms with Gasteiger partial charge in [-0.25, -0.2) is 8.78 Å². The molecule has 0 aliphatic carbocycles. The maximum Gasteiger partial charge on any atom is 0.259 e. The van der Waals surface area contributed by atoms with Crippen molar-refractivity contribution in [3.63, 3.8) is 0 Å². The molecule has 0 spiro atoms. The number of piperazine rings is 1. The third kappa shape index (κ3) is 3.91. The molecule has 160 valence electrons. The van der Waals surface area contributed by atoms with E-state index in [9.17, 15) is 18.4 Å². The molecule has 2 aromatic rings. The van der Waals surface area contributed by atoms with Crippen molar-refractivity contribution in [1.82, 2.24) is 20.5 Å². The molecule has 0 radical (unpaired) electrons. The summed E-state index contributed by atoms with van der Waals surface area (Å²) >= 11 is 0. The molecule has 1 atom stereocenters. The van der Waals surface area contributed by atoms with Crippen molar-refractivity contribution in [1.29, 1.82) is 0 Å². The van der Waals surface area contributed by atoms with E-state index in [-0.39, 0.29) is 17.2 Å². The molecule has 3 heterocycles. The number of aromatic nitrogens is 1. The van der Waals surface area contributed by atoms with E-state index < -0.39 is 28.6 Å². The number of anilines is 1. The largest absolute Gasteiger partial charge is 0.370 e. The fourth-order valence-corrected chi connectivity index (χ4v) is 3.71. The molecule has 2 aliphatic heterocycles. The minimum absolute atomic E-state index is 0.164. The zero-order valence-corrected chi connectivity index (χ0v) is 16.6. The second-order valence-corrected chi connectivity index (χ2v) is 7.18. The number of nitrogens with zero attached hydrogens (tertiary/aromatic N) is 2.